The highest BCUT2D eigenvalue weighted by Crippen LogP contribution is 2.23. The molecule has 0 fully saturated rings. The summed E-state index contributed by atoms with van der Waals surface area (Å²) < 4.78 is 26.5. The third-order valence-corrected chi connectivity index (χ3v) is 3.47. The summed E-state index contributed by atoms with van der Waals surface area (Å²) in [6, 6.07) is 3.22. The molecule has 3 nitrogen and oxygen atoms in total. The molecule has 0 aliphatic heterocycles. The highest BCUT2D eigenvalue weighted by atomic mass is 19.1. The summed E-state index contributed by atoms with van der Waals surface area (Å²) in [7, 11) is 0. The average molecular weight is 271 g/mol. The van der Waals surface area contributed by atoms with Crippen molar-refractivity contribution in [1.29, 1.82) is 0 Å². The van der Waals surface area contributed by atoms with Crippen LogP contribution in [0.5, 0.6) is 0 Å². The molecule has 0 saturated heterocycles. The van der Waals surface area contributed by atoms with E-state index in [1.165, 1.54) is 6.07 Å². The number of halogens is 2. The molecular weight excluding hydrogens is 252 g/mol. The summed E-state index contributed by atoms with van der Waals surface area (Å²) >= 11 is 0. The molecule has 1 rings (SSSR count). The molecule has 1 atom stereocenters. The lowest BCUT2D eigenvalue weighted by Crippen LogP contribution is -2.54. The Morgan fingerprint density at radius 2 is 1.89 bits per heavy atom. The number of nitrogens with zero attached hydrogens (tertiary/aromatic N) is 1. The van der Waals surface area contributed by atoms with Crippen LogP contribution in [0.4, 0.5) is 8.78 Å². The SMILES string of the molecule is CCN(CC)C(C)(Cc1ccc(F)cc1F)C(=O)O. The summed E-state index contributed by atoms with van der Waals surface area (Å²) in [4.78, 5) is 13.3. The van der Waals surface area contributed by atoms with E-state index in [2.05, 4.69) is 0 Å². The molecule has 0 bridgehead atoms. The van der Waals surface area contributed by atoms with Crippen LogP contribution in [0.1, 0.15) is 26.3 Å². The fourth-order valence-corrected chi connectivity index (χ4v) is 2.28. The van der Waals surface area contributed by atoms with E-state index in [-0.39, 0.29) is 12.0 Å². The average Bonchev–Trinajstić information content (AvgIpc) is 2.34. The van der Waals surface area contributed by atoms with E-state index in [1.54, 1.807) is 11.8 Å². The lowest BCUT2D eigenvalue weighted by Gasteiger charge is -2.36. The van der Waals surface area contributed by atoms with Crippen LogP contribution in [0.2, 0.25) is 0 Å². The van der Waals surface area contributed by atoms with Gasteiger partial charge in [-0.05, 0) is 31.6 Å². The molecule has 0 aliphatic rings. The Labute approximate surface area is 111 Å². The second kappa shape index (κ2) is 6.10. The van der Waals surface area contributed by atoms with Gasteiger partial charge in [-0.3, -0.25) is 9.69 Å². The summed E-state index contributed by atoms with van der Waals surface area (Å²) in [5.41, 5.74) is -1.000. The van der Waals surface area contributed by atoms with E-state index in [0.717, 1.165) is 12.1 Å². The monoisotopic (exact) mass is 271 g/mol. The second-order valence-corrected chi connectivity index (χ2v) is 4.66. The molecule has 0 saturated carbocycles. The number of benzene rings is 1. The van der Waals surface area contributed by atoms with E-state index < -0.39 is 23.1 Å². The highest BCUT2D eigenvalue weighted by Gasteiger charge is 2.38. The van der Waals surface area contributed by atoms with Gasteiger partial charge in [0.25, 0.3) is 0 Å². The van der Waals surface area contributed by atoms with E-state index >= 15 is 0 Å². The Morgan fingerprint density at radius 1 is 1.32 bits per heavy atom. The van der Waals surface area contributed by atoms with Crippen molar-refractivity contribution in [3.63, 3.8) is 0 Å². The molecule has 0 amide bonds. The van der Waals surface area contributed by atoms with Gasteiger partial charge in [-0.15, -0.1) is 0 Å². The van der Waals surface area contributed by atoms with Crippen molar-refractivity contribution in [1.82, 2.24) is 4.90 Å². The fraction of sp³-hybridized carbons (Fsp3) is 0.500. The Bertz CT molecular complexity index is 461. The smallest absolute Gasteiger partial charge is 0.324 e. The van der Waals surface area contributed by atoms with Crippen LogP contribution in [-0.4, -0.2) is 34.6 Å². The maximum Gasteiger partial charge on any atom is 0.324 e. The van der Waals surface area contributed by atoms with Gasteiger partial charge < -0.3 is 5.11 Å². The van der Waals surface area contributed by atoms with E-state index in [4.69, 9.17) is 0 Å². The van der Waals surface area contributed by atoms with Crippen molar-refractivity contribution >= 4 is 5.97 Å². The maximum absolute atomic E-state index is 13.7. The number of rotatable bonds is 6. The first-order valence-corrected chi connectivity index (χ1v) is 6.27. The molecule has 1 aromatic carbocycles. The molecule has 106 valence electrons. The maximum atomic E-state index is 13.7. The van der Waals surface area contributed by atoms with Gasteiger partial charge >= 0.3 is 5.97 Å². The molecule has 0 radical (unpaired) electrons. The largest absolute Gasteiger partial charge is 0.480 e. The molecule has 1 aromatic rings. The third kappa shape index (κ3) is 3.29. The molecule has 19 heavy (non-hydrogen) atoms. The van der Waals surface area contributed by atoms with Crippen molar-refractivity contribution in [3.8, 4) is 0 Å². The minimum Gasteiger partial charge on any atom is -0.480 e. The van der Waals surface area contributed by atoms with Crippen LogP contribution in [-0.2, 0) is 11.2 Å². The molecule has 0 heterocycles. The van der Waals surface area contributed by atoms with E-state index in [1.807, 2.05) is 13.8 Å². The predicted octanol–water partition coefficient (Wildman–Crippen LogP) is 2.69. The molecule has 1 N–H and O–H groups in total. The lowest BCUT2D eigenvalue weighted by atomic mass is 9.90. The number of hydrogen-bond donors (Lipinski definition) is 1. The Kier molecular flexibility index (Phi) is 5.00. The van der Waals surface area contributed by atoms with Gasteiger partial charge in [0.2, 0.25) is 0 Å². The van der Waals surface area contributed by atoms with E-state index in [9.17, 15) is 18.7 Å². The van der Waals surface area contributed by atoms with Gasteiger partial charge in [0, 0.05) is 12.5 Å². The Balaban J connectivity index is 3.11. The third-order valence-electron chi connectivity index (χ3n) is 3.47. The van der Waals surface area contributed by atoms with Crippen molar-refractivity contribution < 1.29 is 18.7 Å². The first-order valence-electron chi connectivity index (χ1n) is 6.27. The first-order chi connectivity index (χ1) is 8.85. The zero-order valence-electron chi connectivity index (χ0n) is 11.4. The second-order valence-electron chi connectivity index (χ2n) is 4.66. The standard InChI is InChI=1S/C14H19F2NO2/c1-4-17(5-2)14(3,13(18)19)9-10-6-7-11(15)8-12(10)16/h6-8H,4-5,9H2,1-3H3,(H,18,19). The minimum absolute atomic E-state index is 0.00384. The van der Waals surface area contributed by atoms with Gasteiger partial charge in [-0.1, -0.05) is 19.9 Å². The number of aliphatic carboxylic acids is 1. The van der Waals surface area contributed by atoms with Crippen molar-refractivity contribution in [2.24, 2.45) is 0 Å². The number of hydrogen-bond acceptors (Lipinski definition) is 2. The van der Waals surface area contributed by atoms with Crippen LogP contribution in [0, 0.1) is 11.6 Å². The number of carboxylic acid groups (broad SMARTS) is 1. The van der Waals surface area contributed by atoms with Crippen LogP contribution in [0.15, 0.2) is 18.2 Å². The van der Waals surface area contributed by atoms with Crippen LogP contribution in [0.25, 0.3) is 0 Å². The van der Waals surface area contributed by atoms with E-state index in [0.29, 0.717) is 13.1 Å². The van der Waals surface area contributed by atoms with Gasteiger partial charge in [-0.2, -0.15) is 0 Å². The summed E-state index contributed by atoms with van der Waals surface area (Å²) in [6.45, 7) is 6.35. The topological polar surface area (TPSA) is 40.5 Å². The zero-order valence-corrected chi connectivity index (χ0v) is 11.4. The Hall–Kier alpha value is -1.49. The normalized spacial score (nSPS) is 14.4. The lowest BCUT2D eigenvalue weighted by molar-refractivity contribution is -0.150. The van der Waals surface area contributed by atoms with Crippen LogP contribution < -0.4 is 0 Å². The summed E-state index contributed by atoms with van der Waals surface area (Å²) in [5, 5.41) is 9.43. The van der Waals surface area contributed by atoms with Gasteiger partial charge in [0.15, 0.2) is 0 Å². The fourth-order valence-electron chi connectivity index (χ4n) is 2.28. The van der Waals surface area contributed by atoms with Gasteiger partial charge in [0.05, 0.1) is 0 Å². The summed E-state index contributed by atoms with van der Waals surface area (Å²) in [6.07, 6.45) is -0.00384. The summed E-state index contributed by atoms with van der Waals surface area (Å²) in [5.74, 6) is -2.39. The molecule has 0 aliphatic carbocycles. The molecule has 1 unspecified atom stereocenters. The minimum atomic E-state index is -1.21. The molecule has 5 heteroatoms. The van der Waals surface area contributed by atoms with Crippen LogP contribution >= 0.6 is 0 Å². The van der Waals surface area contributed by atoms with Crippen LogP contribution in [0.3, 0.4) is 0 Å². The highest BCUT2D eigenvalue weighted by molar-refractivity contribution is 5.78. The number of likely N-dealkylation sites (N-methyl/N-ethyl adjacent to an activating group) is 1. The van der Waals surface area contributed by atoms with Gasteiger partial charge in [-0.25, -0.2) is 8.78 Å². The Morgan fingerprint density at radius 3 is 2.32 bits per heavy atom. The zero-order chi connectivity index (χ0) is 14.6. The first kappa shape index (κ1) is 15.6. The predicted molar refractivity (Wildman–Crippen MR) is 69.0 cm³/mol. The quantitative estimate of drug-likeness (QED) is 0.864. The van der Waals surface area contributed by atoms with Crippen molar-refractivity contribution in [3.05, 3.63) is 35.4 Å². The van der Waals surface area contributed by atoms with Gasteiger partial charge in [0.1, 0.15) is 17.2 Å². The molecular formula is C14H19F2NO2. The number of carboxylic acids is 1. The van der Waals surface area contributed by atoms with Crippen molar-refractivity contribution in [2.75, 3.05) is 13.1 Å². The van der Waals surface area contributed by atoms with Crippen molar-refractivity contribution in [2.45, 2.75) is 32.7 Å². The molecule has 0 aromatic heterocycles. The molecule has 0 spiro atoms. The number of carbonyl (C=O) groups is 1.